The van der Waals surface area contributed by atoms with E-state index in [0.717, 1.165) is 22.4 Å². The third-order valence-corrected chi connectivity index (χ3v) is 4.62. The minimum absolute atomic E-state index is 0.103. The van der Waals surface area contributed by atoms with Gasteiger partial charge in [0.15, 0.2) is 5.78 Å². The number of hydrogen-bond donors (Lipinski definition) is 0. The zero-order chi connectivity index (χ0) is 13.1. The number of ketones is 1. The van der Waals surface area contributed by atoms with Gasteiger partial charge in [0.05, 0.1) is 14.9 Å². The molecule has 0 aliphatic heterocycles. The molecule has 0 amide bonds. The molecule has 0 saturated carbocycles. The molecule has 1 aromatic carbocycles. The maximum atomic E-state index is 12.2. The largest absolute Gasteiger partial charge is 0.293 e. The Hall–Kier alpha value is -0.830. The summed E-state index contributed by atoms with van der Waals surface area (Å²) in [6.45, 7) is 2.05. The number of rotatable bonds is 4. The standard InChI is InChI=1S/C14H12Cl2OS/c1-2-9-6-7-18-14(9)12(17)8-10-4-3-5-11(15)13(10)16/h3-7H,2,8H2,1H3. The van der Waals surface area contributed by atoms with Gasteiger partial charge in [-0.15, -0.1) is 11.3 Å². The van der Waals surface area contributed by atoms with E-state index in [4.69, 9.17) is 23.2 Å². The second kappa shape index (κ2) is 5.87. The van der Waals surface area contributed by atoms with Crippen molar-refractivity contribution in [3.8, 4) is 0 Å². The molecule has 1 aromatic heterocycles. The van der Waals surface area contributed by atoms with Crippen molar-refractivity contribution in [3.05, 3.63) is 55.7 Å². The van der Waals surface area contributed by atoms with Crippen molar-refractivity contribution in [1.29, 1.82) is 0 Å². The first-order valence-corrected chi connectivity index (χ1v) is 7.29. The van der Waals surface area contributed by atoms with Gasteiger partial charge in [-0.05, 0) is 35.1 Å². The first kappa shape index (κ1) is 13.6. The van der Waals surface area contributed by atoms with Gasteiger partial charge in [0.1, 0.15) is 0 Å². The lowest BCUT2D eigenvalue weighted by atomic mass is 10.1. The molecule has 94 valence electrons. The summed E-state index contributed by atoms with van der Waals surface area (Å²) in [5.41, 5.74) is 1.88. The highest BCUT2D eigenvalue weighted by Crippen LogP contribution is 2.27. The van der Waals surface area contributed by atoms with E-state index in [1.54, 1.807) is 6.07 Å². The first-order valence-electron chi connectivity index (χ1n) is 5.66. The Labute approximate surface area is 120 Å². The number of thiophene rings is 1. The monoisotopic (exact) mass is 298 g/mol. The molecule has 0 bridgehead atoms. The number of carbonyl (C=O) groups excluding carboxylic acids is 1. The molecule has 0 fully saturated rings. The van der Waals surface area contributed by atoms with Crippen LogP contribution in [0.25, 0.3) is 0 Å². The normalized spacial score (nSPS) is 10.6. The highest BCUT2D eigenvalue weighted by molar-refractivity contribution is 7.12. The highest BCUT2D eigenvalue weighted by atomic mass is 35.5. The van der Waals surface area contributed by atoms with Crippen LogP contribution in [0.5, 0.6) is 0 Å². The van der Waals surface area contributed by atoms with Crippen LogP contribution in [0.4, 0.5) is 0 Å². The van der Waals surface area contributed by atoms with Gasteiger partial charge in [-0.1, -0.05) is 42.3 Å². The van der Waals surface area contributed by atoms with Crippen LogP contribution in [0, 0.1) is 0 Å². The molecule has 4 heteroatoms. The van der Waals surface area contributed by atoms with Gasteiger partial charge in [-0.25, -0.2) is 0 Å². The molecule has 0 atom stereocenters. The number of hydrogen-bond acceptors (Lipinski definition) is 2. The van der Waals surface area contributed by atoms with E-state index in [0.29, 0.717) is 16.5 Å². The zero-order valence-electron chi connectivity index (χ0n) is 9.87. The summed E-state index contributed by atoms with van der Waals surface area (Å²) in [5, 5.41) is 2.91. The van der Waals surface area contributed by atoms with Gasteiger partial charge in [-0.2, -0.15) is 0 Å². The average Bonchev–Trinajstić information content (AvgIpc) is 2.83. The molecule has 1 heterocycles. The van der Waals surface area contributed by atoms with Crippen LogP contribution in [0.3, 0.4) is 0 Å². The molecule has 0 unspecified atom stereocenters. The maximum Gasteiger partial charge on any atom is 0.177 e. The van der Waals surface area contributed by atoms with Crippen LogP contribution in [-0.2, 0) is 12.8 Å². The highest BCUT2D eigenvalue weighted by Gasteiger charge is 2.15. The van der Waals surface area contributed by atoms with E-state index in [1.807, 2.05) is 30.5 Å². The second-order valence-corrected chi connectivity index (χ2v) is 5.64. The zero-order valence-corrected chi connectivity index (χ0v) is 12.2. The SMILES string of the molecule is CCc1ccsc1C(=O)Cc1cccc(Cl)c1Cl. The molecule has 0 aliphatic rings. The van der Waals surface area contributed by atoms with Crippen LogP contribution in [0.2, 0.25) is 10.0 Å². The third-order valence-electron chi connectivity index (χ3n) is 2.76. The van der Waals surface area contributed by atoms with E-state index < -0.39 is 0 Å². The Kier molecular flexibility index (Phi) is 4.44. The molecule has 0 N–H and O–H groups in total. The predicted octanol–water partition coefficient (Wildman–Crippen LogP) is 5.04. The molecule has 2 rings (SSSR count). The fraction of sp³-hybridized carbons (Fsp3) is 0.214. The molecule has 0 saturated heterocycles. The quantitative estimate of drug-likeness (QED) is 0.723. The van der Waals surface area contributed by atoms with Crippen molar-refractivity contribution in [3.63, 3.8) is 0 Å². The summed E-state index contributed by atoms with van der Waals surface area (Å²) < 4.78 is 0. The van der Waals surface area contributed by atoms with Crippen LogP contribution in [0.1, 0.15) is 27.7 Å². The number of carbonyl (C=O) groups is 1. The van der Waals surface area contributed by atoms with Crippen LogP contribution < -0.4 is 0 Å². The summed E-state index contributed by atoms with van der Waals surface area (Å²) in [7, 11) is 0. The topological polar surface area (TPSA) is 17.1 Å². The van der Waals surface area contributed by atoms with Gasteiger partial charge < -0.3 is 0 Å². The lowest BCUT2D eigenvalue weighted by molar-refractivity contribution is 0.0996. The Bertz CT molecular complexity index is 575. The predicted molar refractivity (Wildman–Crippen MR) is 78.2 cm³/mol. The fourth-order valence-corrected chi connectivity index (χ4v) is 3.12. The van der Waals surface area contributed by atoms with Crippen LogP contribution >= 0.6 is 34.5 Å². The Morgan fingerprint density at radius 3 is 2.72 bits per heavy atom. The summed E-state index contributed by atoms with van der Waals surface area (Å²) in [4.78, 5) is 13.1. The van der Waals surface area contributed by atoms with Gasteiger partial charge in [-0.3, -0.25) is 4.79 Å². The van der Waals surface area contributed by atoms with Gasteiger partial charge >= 0.3 is 0 Å². The fourth-order valence-electron chi connectivity index (χ4n) is 1.80. The van der Waals surface area contributed by atoms with E-state index in [9.17, 15) is 4.79 Å². The third kappa shape index (κ3) is 2.77. The van der Waals surface area contributed by atoms with E-state index in [2.05, 4.69) is 0 Å². The average molecular weight is 299 g/mol. The molecule has 18 heavy (non-hydrogen) atoms. The van der Waals surface area contributed by atoms with Crippen molar-refractivity contribution < 1.29 is 4.79 Å². The number of Topliss-reactive ketones (excluding diaryl/α,β-unsaturated/α-hetero) is 1. The minimum atomic E-state index is 0.103. The van der Waals surface area contributed by atoms with E-state index in [-0.39, 0.29) is 5.78 Å². The van der Waals surface area contributed by atoms with Crippen molar-refractivity contribution >= 4 is 40.3 Å². The smallest absolute Gasteiger partial charge is 0.177 e. The van der Waals surface area contributed by atoms with Gasteiger partial charge in [0.25, 0.3) is 0 Å². The van der Waals surface area contributed by atoms with Crippen molar-refractivity contribution in [2.45, 2.75) is 19.8 Å². The Balaban J connectivity index is 2.24. The van der Waals surface area contributed by atoms with Gasteiger partial charge in [0.2, 0.25) is 0 Å². The minimum Gasteiger partial charge on any atom is -0.293 e. The van der Waals surface area contributed by atoms with E-state index in [1.165, 1.54) is 11.3 Å². The summed E-state index contributed by atoms with van der Waals surface area (Å²) in [5.74, 6) is 0.103. The van der Waals surface area contributed by atoms with Crippen LogP contribution in [-0.4, -0.2) is 5.78 Å². The lowest BCUT2D eigenvalue weighted by Crippen LogP contribution is -2.04. The van der Waals surface area contributed by atoms with Crippen molar-refractivity contribution in [1.82, 2.24) is 0 Å². The van der Waals surface area contributed by atoms with Crippen LogP contribution in [0.15, 0.2) is 29.6 Å². The number of halogens is 2. The summed E-state index contributed by atoms with van der Waals surface area (Å²) in [6, 6.07) is 7.37. The summed E-state index contributed by atoms with van der Waals surface area (Å²) in [6.07, 6.45) is 1.17. The first-order chi connectivity index (χ1) is 8.63. The Morgan fingerprint density at radius 1 is 1.22 bits per heavy atom. The van der Waals surface area contributed by atoms with Crippen molar-refractivity contribution in [2.24, 2.45) is 0 Å². The summed E-state index contributed by atoms with van der Waals surface area (Å²) >= 11 is 13.5. The number of aryl methyl sites for hydroxylation is 1. The molecular weight excluding hydrogens is 287 g/mol. The maximum absolute atomic E-state index is 12.2. The molecule has 0 aliphatic carbocycles. The van der Waals surface area contributed by atoms with Gasteiger partial charge in [0, 0.05) is 6.42 Å². The number of benzene rings is 1. The van der Waals surface area contributed by atoms with E-state index >= 15 is 0 Å². The molecule has 0 spiro atoms. The molecular formula is C14H12Cl2OS. The Morgan fingerprint density at radius 2 is 2.00 bits per heavy atom. The molecule has 2 aromatic rings. The molecule has 1 nitrogen and oxygen atoms in total. The second-order valence-electron chi connectivity index (χ2n) is 3.94. The van der Waals surface area contributed by atoms with Crippen molar-refractivity contribution in [2.75, 3.05) is 0 Å². The molecule has 0 radical (unpaired) electrons. The lowest BCUT2D eigenvalue weighted by Gasteiger charge is -2.05.